The zero-order chi connectivity index (χ0) is 22.8. The average molecular weight is 429 g/mol. The minimum Gasteiger partial charge on any atom is -0.315 e. The Labute approximate surface area is 184 Å². The SMILES string of the molecule is Cc1c(-c2cccnc2)cc(C(=O)Nc2cccc(-c3nncn3C(C)C)n2)c(=O)n1C. The van der Waals surface area contributed by atoms with Crippen molar-refractivity contribution in [3.05, 3.63) is 76.7 Å². The summed E-state index contributed by atoms with van der Waals surface area (Å²) in [5, 5.41) is 10.8. The van der Waals surface area contributed by atoms with E-state index in [9.17, 15) is 9.59 Å². The molecule has 9 nitrogen and oxygen atoms in total. The monoisotopic (exact) mass is 429 g/mol. The summed E-state index contributed by atoms with van der Waals surface area (Å²) in [4.78, 5) is 34.5. The molecule has 0 radical (unpaired) electrons. The summed E-state index contributed by atoms with van der Waals surface area (Å²) >= 11 is 0. The standard InChI is InChI=1S/C23H23N7O2/c1-14(2)30-13-25-28-21(30)19-8-5-9-20(26-19)27-22(31)18-11-17(15(3)29(4)23(18)32)16-7-6-10-24-12-16/h5-14H,1-4H3,(H,26,27,31). The fraction of sp³-hybridized carbons (Fsp3) is 0.217. The van der Waals surface area contributed by atoms with E-state index in [2.05, 4.69) is 25.5 Å². The molecule has 4 heterocycles. The van der Waals surface area contributed by atoms with E-state index in [0.29, 0.717) is 17.3 Å². The molecule has 1 amide bonds. The zero-order valence-corrected chi connectivity index (χ0v) is 18.3. The lowest BCUT2D eigenvalue weighted by molar-refractivity contribution is 0.102. The molecule has 0 aliphatic carbocycles. The molecule has 9 heteroatoms. The Bertz CT molecular complexity index is 1340. The predicted octanol–water partition coefficient (Wildman–Crippen LogP) is 3.24. The third-order valence-electron chi connectivity index (χ3n) is 5.28. The predicted molar refractivity (Wildman–Crippen MR) is 121 cm³/mol. The van der Waals surface area contributed by atoms with Gasteiger partial charge in [0.15, 0.2) is 5.82 Å². The van der Waals surface area contributed by atoms with Crippen LogP contribution in [0.2, 0.25) is 0 Å². The fourth-order valence-corrected chi connectivity index (χ4v) is 3.42. The second-order valence-electron chi connectivity index (χ2n) is 7.68. The topological polar surface area (TPSA) is 108 Å². The van der Waals surface area contributed by atoms with Crippen molar-refractivity contribution in [1.29, 1.82) is 0 Å². The van der Waals surface area contributed by atoms with Gasteiger partial charge in [0.25, 0.3) is 11.5 Å². The van der Waals surface area contributed by atoms with Crippen LogP contribution in [0.1, 0.15) is 35.9 Å². The van der Waals surface area contributed by atoms with Gasteiger partial charge in [-0.15, -0.1) is 10.2 Å². The first-order valence-corrected chi connectivity index (χ1v) is 10.2. The van der Waals surface area contributed by atoms with Gasteiger partial charge in [0.05, 0.1) is 0 Å². The number of aromatic nitrogens is 6. The van der Waals surface area contributed by atoms with Gasteiger partial charge in [-0.1, -0.05) is 12.1 Å². The van der Waals surface area contributed by atoms with Crippen LogP contribution in [0.3, 0.4) is 0 Å². The Morgan fingerprint density at radius 2 is 1.97 bits per heavy atom. The van der Waals surface area contributed by atoms with Crippen LogP contribution in [0.4, 0.5) is 5.82 Å². The number of carbonyl (C=O) groups excluding carboxylic acids is 1. The zero-order valence-electron chi connectivity index (χ0n) is 18.3. The van der Waals surface area contributed by atoms with Crippen molar-refractivity contribution < 1.29 is 4.79 Å². The van der Waals surface area contributed by atoms with Crippen molar-refractivity contribution in [3.8, 4) is 22.6 Å². The molecular weight excluding hydrogens is 406 g/mol. The highest BCUT2D eigenvalue weighted by Crippen LogP contribution is 2.23. The normalized spacial score (nSPS) is 11.0. The van der Waals surface area contributed by atoms with E-state index in [4.69, 9.17) is 0 Å². The maximum atomic E-state index is 13.0. The molecule has 4 aromatic heterocycles. The van der Waals surface area contributed by atoms with E-state index in [1.165, 1.54) is 4.57 Å². The molecule has 0 saturated carbocycles. The quantitative estimate of drug-likeness (QED) is 0.522. The van der Waals surface area contributed by atoms with E-state index in [1.54, 1.807) is 50.0 Å². The number of hydrogen-bond donors (Lipinski definition) is 1. The third-order valence-corrected chi connectivity index (χ3v) is 5.28. The van der Waals surface area contributed by atoms with E-state index in [-0.39, 0.29) is 17.2 Å². The highest BCUT2D eigenvalue weighted by atomic mass is 16.2. The van der Waals surface area contributed by atoms with Crippen molar-refractivity contribution in [2.45, 2.75) is 26.8 Å². The van der Waals surface area contributed by atoms with E-state index in [0.717, 1.165) is 16.8 Å². The minimum absolute atomic E-state index is 0.0227. The number of nitrogens with one attached hydrogen (secondary N) is 1. The molecule has 162 valence electrons. The Hall–Kier alpha value is -4.14. The number of pyridine rings is 3. The van der Waals surface area contributed by atoms with Crippen LogP contribution >= 0.6 is 0 Å². The van der Waals surface area contributed by atoms with Crippen LogP contribution in [-0.4, -0.2) is 35.2 Å². The highest BCUT2D eigenvalue weighted by molar-refractivity contribution is 6.04. The van der Waals surface area contributed by atoms with E-state index in [1.807, 2.05) is 37.5 Å². The van der Waals surface area contributed by atoms with Gasteiger partial charge < -0.3 is 14.5 Å². The smallest absolute Gasteiger partial charge is 0.263 e. The van der Waals surface area contributed by atoms with E-state index >= 15 is 0 Å². The molecule has 0 atom stereocenters. The maximum absolute atomic E-state index is 13.0. The summed E-state index contributed by atoms with van der Waals surface area (Å²) in [6.45, 7) is 5.87. The number of hydrogen-bond acceptors (Lipinski definition) is 6. The molecule has 0 spiro atoms. The first-order chi connectivity index (χ1) is 15.4. The molecule has 0 fully saturated rings. The number of amides is 1. The van der Waals surface area contributed by atoms with Crippen LogP contribution in [0.5, 0.6) is 0 Å². The van der Waals surface area contributed by atoms with Crippen LogP contribution in [0.15, 0.2) is 59.9 Å². The van der Waals surface area contributed by atoms with E-state index < -0.39 is 5.91 Å². The van der Waals surface area contributed by atoms with Gasteiger partial charge >= 0.3 is 0 Å². The van der Waals surface area contributed by atoms with Gasteiger partial charge in [-0.2, -0.15) is 0 Å². The molecule has 0 saturated heterocycles. The molecule has 0 aliphatic rings. The Morgan fingerprint density at radius 3 is 2.69 bits per heavy atom. The van der Waals surface area contributed by atoms with Crippen molar-refractivity contribution in [2.75, 3.05) is 5.32 Å². The first-order valence-electron chi connectivity index (χ1n) is 10.2. The van der Waals surface area contributed by atoms with Gasteiger partial charge in [-0.25, -0.2) is 4.98 Å². The van der Waals surface area contributed by atoms with Crippen LogP contribution in [0.25, 0.3) is 22.6 Å². The Morgan fingerprint density at radius 1 is 1.16 bits per heavy atom. The molecule has 0 aliphatic heterocycles. The fourth-order valence-electron chi connectivity index (χ4n) is 3.42. The summed E-state index contributed by atoms with van der Waals surface area (Å²) in [5.74, 6) is 0.378. The highest BCUT2D eigenvalue weighted by Gasteiger charge is 2.18. The summed E-state index contributed by atoms with van der Waals surface area (Å²) in [6, 6.07) is 10.7. The summed E-state index contributed by atoms with van der Waals surface area (Å²) in [7, 11) is 1.64. The lowest BCUT2D eigenvalue weighted by Gasteiger charge is -2.14. The average Bonchev–Trinajstić information content (AvgIpc) is 3.29. The maximum Gasteiger partial charge on any atom is 0.263 e. The van der Waals surface area contributed by atoms with Crippen LogP contribution in [-0.2, 0) is 7.05 Å². The Kier molecular flexibility index (Phi) is 5.63. The third kappa shape index (κ3) is 3.92. The number of rotatable bonds is 5. The molecule has 32 heavy (non-hydrogen) atoms. The molecule has 4 aromatic rings. The summed E-state index contributed by atoms with van der Waals surface area (Å²) in [6.07, 6.45) is 5.01. The van der Waals surface area contributed by atoms with Crippen molar-refractivity contribution in [3.63, 3.8) is 0 Å². The molecular formula is C23H23N7O2. The largest absolute Gasteiger partial charge is 0.315 e. The summed E-state index contributed by atoms with van der Waals surface area (Å²) < 4.78 is 3.36. The van der Waals surface area contributed by atoms with Gasteiger partial charge in [-0.05, 0) is 45.0 Å². The number of carbonyl (C=O) groups is 1. The molecule has 0 bridgehead atoms. The van der Waals surface area contributed by atoms with Gasteiger partial charge in [-0.3, -0.25) is 14.6 Å². The lowest BCUT2D eigenvalue weighted by atomic mass is 10.0. The van der Waals surface area contributed by atoms with Crippen molar-refractivity contribution >= 4 is 11.7 Å². The second-order valence-corrected chi connectivity index (χ2v) is 7.68. The lowest BCUT2D eigenvalue weighted by Crippen LogP contribution is -2.29. The van der Waals surface area contributed by atoms with Crippen LogP contribution < -0.4 is 10.9 Å². The van der Waals surface area contributed by atoms with Gasteiger partial charge in [0, 0.05) is 42.3 Å². The molecule has 0 unspecified atom stereocenters. The van der Waals surface area contributed by atoms with Crippen molar-refractivity contribution in [1.82, 2.24) is 29.3 Å². The number of nitrogens with zero attached hydrogens (tertiary/aromatic N) is 6. The second kappa shape index (κ2) is 8.54. The van der Waals surface area contributed by atoms with Gasteiger partial charge in [0.2, 0.25) is 0 Å². The van der Waals surface area contributed by atoms with Gasteiger partial charge in [0.1, 0.15) is 23.4 Å². The summed E-state index contributed by atoms with van der Waals surface area (Å²) in [5.41, 5.74) is 2.53. The Balaban J connectivity index is 1.69. The molecule has 1 N–H and O–H groups in total. The van der Waals surface area contributed by atoms with Crippen molar-refractivity contribution in [2.24, 2.45) is 7.05 Å². The molecule has 0 aromatic carbocycles. The minimum atomic E-state index is -0.536. The number of anilines is 1. The molecule has 4 rings (SSSR count). The van der Waals surface area contributed by atoms with Crippen LogP contribution in [0, 0.1) is 6.92 Å². The first kappa shape index (κ1) is 21.1.